The number of nitrogens with zero attached hydrogens (tertiary/aromatic N) is 2. The van der Waals surface area contributed by atoms with Gasteiger partial charge in [-0.3, -0.25) is 9.69 Å². The van der Waals surface area contributed by atoms with E-state index in [1.54, 1.807) is 0 Å². The van der Waals surface area contributed by atoms with Crippen LogP contribution in [0.4, 0.5) is 0 Å². The standard InChI is InChI=1S/C16H28N2O2/c19-15-12-18(11-14(15)17-8-4-5-9-17)16(20)10-13-6-2-1-3-7-13/h13-15,19H,1-12H2/t14-,15-/m1/s1. The Kier molecular flexibility index (Phi) is 4.61. The van der Waals surface area contributed by atoms with Crippen LogP contribution in [0.2, 0.25) is 0 Å². The number of carbonyl (C=O) groups is 1. The largest absolute Gasteiger partial charge is 0.390 e. The maximum atomic E-state index is 12.4. The lowest BCUT2D eigenvalue weighted by atomic mass is 9.87. The average Bonchev–Trinajstić information content (AvgIpc) is 3.08. The molecule has 2 aliphatic heterocycles. The van der Waals surface area contributed by atoms with Crippen LogP contribution in [0.25, 0.3) is 0 Å². The zero-order valence-corrected chi connectivity index (χ0v) is 12.5. The van der Waals surface area contributed by atoms with Gasteiger partial charge >= 0.3 is 0 Å². The Morgan fingerprint density at radius 2 is 1.70 bits per heavy atom. The maximum Gasteiger partial charge on any atom is 0.222 e. The molecule has 3 rings (SSSR count). The highest BCUT2D eigenvalue weighted by atomic mass is 16.3. The minimum Gasteiger partial charge on any atom is -0.390 e. The normalized spacial score (nSPS) is 33.0. The lowest BCUT2D eigenvalue weighted by Crippen LogP contribution is -2.41. The van der Waals surface area contributed by atoms with Crippen molar-refractivity contribution in [3.05, 3.63) is 0 Å². The topological polar surface area (TPSA) is 43.8 Å². The molecule has 2 atom stereocenters. The number of amides is 1. The van der Waals surface area contributed by atoms with Gasteiger partial charge in [-0.2, -0.15) is 0 Å². The van der Waals surface area contributed by atoms with E-state index in [1.807, 2.05) is 4.90 Å². The van der Waals surface area contributed by atoms with Crippen molar-refractivity contribution in [1.82, 2.24) is 9.80 Å². The molecule has 1 aliphatic carbocycles. The number of hydrogen-bond donors (Lipinski definition) is 1. The van der Waals surface area contributed by atoms with Crippen LogP contribution in [0.1, 0.15) is 51.4 Å². The van der Waals surface area contributed by atoms with Gasteiger partial charge in [0, 0.05) is 19.5 Å². The summed E-state index contributed by atoms with van der Waals surface area (Å²) >= 11 is 0. The molecule has 2 saturated heterocycles. The van der Waals surface area contributed by atoms with Crippen molar-refractivity contribution < 1.29 is 9.90 Å². The van der Waals surface area contributed by atoms with E-state index < -0.39 is 0 Å². The predicted molar refractivity (Wildman–Crippen MR) is 78.4 cm³/mol. The minimum absolute atomic E-state index is 0.188. The van der Waals surface area contributed by atoms with Crippen LogP contribution in [0, 0.1) is 5.92 Å². The van der Waals surface area contributed by atoms with Crippen LogP contribution < -0.4 is 0 Å². The minimum atomic E-state index is -0.344. The summed E-state index contributed by atoms with van der Waals surface area (Å²) < 4.78 is 0. The first-order valence-corrected chi connectivity index (χ1v) is 8.44. The summed E-state index contributed by atoms with van der Waals surface area (Å²) in [5, 5.41) is 10.2. The van der Waals surface area contributed by atoms with Gasteiger partial charge in [0.2, 0.25) is 5.91 Å². The van der Waals surface area contributed by atoms with Crippen LogP contribution in [-0.2, 0) is 4.79 Å². The summed E-state index contributed by atoms with van der Waals surface area (Å²) in [7, 11) is 0. The van der Waals surface area contributed by atoms with Crippen molar-refractivity contribution in [2.75, 3.05) is 26.2 Å². The predicted octanol–water partition coefficient (Wildman–Crippen LogP) is 1.62. The van der Waals surface area contributed by atoms with E-state index in [-0.39, 0.29) is 18.1 Å². The lowest BCUT2D eigenvalue weighted by molar-refractivity contribution is -0.131. The number of β-amino-alcohol motifs (C(OH)–C–C–N with tert-alkyl or cyclic N) is 1. The van der Waals surface area contributed by atoms with Gasteiger partial charge < -0.3 is 10.0 Å². The van der Waals surface area contributed by atoms with Gasteiger partial charge in [0.15, 0.2) is 0 Å². The molecule has 2 heterocycles. The summed E-state index contributed by atoms with van der Waals surface area (Å²) in [4.78, 5) is 16.7. The molecule has 0 aromatic heterocycles. The fourth-order valence-electron chi connectivity index (χ4n) is 4.17. The molecule has 0 spiro atoms. The van der Waals surface area contributed by atoms with Crippen molar-refractivity contribution in [1.29, 1.82) is 0 Å². The number of rotatable bonds is 3. The lowest BCUT2D eigenvalue weighted by Gasteiger charge is -2.26. The van der Waals surface area contributed by atoms with Gasteiger partial charge in [0.25, 0.3) is 0 Å². The van der Waals surface area contributed by atoms with Crippen molar-refractivity contribution >= 4 is 5.91 Å². The Hall–Kier alpha value is -0.610. The molecule has 114 valence electrons. The number of aliphatic hydroxyl groups is 1. The van der Waals surface area contributed by atoms with Crippen molar-refractivity contribution in [2.24, 2.45) is 5.92 Å². The van der Waals surface area contributed by atoms with Crippen molar-refractivity contribution in [3.8, 4) is 0 Å². The van der Waals surface area contributed by atoms with Gasteiger partial charge in [-0.25, -0.2) is 0 Å². The second-order valence-corrected chi connectivity index (χ2v) is 6.88. The van der Waals surface area contributed by atoms with E-state index in [0.717, 1.165) is 19.6 Å². The summed E-state index contributed by atoms with van der Waals surface area (Å²) in [5.74, 6) is 0.872. The van der Waals surface area contributed by atoms with Gasteiger partial charge in [-0.05, 0) is 44.7 Å². The third-order valence-corrected chi connectivity index (χ3v) is 5.41. The van der Waals surface area contributed by atoms with Gasteiger partial charge in [-0.15, -0.1) is 0 Å². The maximum absolute atomic E-state index is 12.4. The van der Waals surface area contributed by atoms with E-state index in [1.165, 1.54) is 44.9 Å². The second-order valence-electron chi connectivity index (χ2n) is 6.88. The first-order chi connectivity index (χ1) is 9.74. The third kappa shape index (κ3) is 3.17. The number of hydrogen-bond acceptors (Lipinski definition) is 3. The van der Waals surface area contributed by atoms with Crippen molar-refractivity contribution in [3.63, 3.8) is 0 Å². The molecule has 0 aromatic carbocycles. The summed E-state index contributed by atoms with van der Waals surface area (Å²) in [6.07, 6.45) is 9.19. The highest BCUT2D eigenvalue weighted by Crippen LogP contribution is 2.28. The van der Waals surface area contributed by atoms with E-state index >= 15 is 0 Å². The molecule has 1 amide bonds. The van der Waals surface area contributed by atoms with Gasteiger partial charge in [0.05, 0.1) is 12.1 Å². The molecule has 0 aromatic rings. The molecule has 0 radical (unpaired) electrons. The number of likely N-dealkylation sites (tertiary alicyclic amines) is 2. The molecule has 1 N–H and O–H groups in total. The van der Waals surface area contributed by atoms with Crippen LogP contribution in [0.3, 0.4) is 0 Å². The molecule has 20 heavy (non-hydrogen) atoms. The summed E-state index contributed by atoms with van der Waals surface area (Å²) in [6, 6.07) is 0.188. The summed E-state index contributed by atoms with van der Waals surface area (Å²) in [6.45, 7) is 3.47. The highest BCUT2D eigenvalue weighted by molar-refractivity contribution is 5.77. The fraction of sp³-hybridized carbons (Fsp3) is 0.938. The Labute approximate surface area is 122 Å². The Bertz CT molecular complexity index is 335. The number of aliphatic hydroxyl groups excluding tert-OH is 1. The molecular formula is C16H28N2O2. The van der Waals surface area contributed by atoms with E-state index in [4.69, 9.17) is 0 Å². The Morgan fingerprint density at radius 1 is 1.00 bits per heavy atom. The molecule has 0 bridgehead atoms. The Balaban J connectivity index is 1.51. The molecular weight excluding hydrogens is 252 g/mol. The fourth-order valence-corrected chi connectivity index (χ4v) is 4.17. The van der Waals surface area contributed by atoms with Crippen LogP contribution >= 0.6 is 0 Å². The zero-order chi connectivity index (χ0) is 13.9. The second kappa shape index (κ2) is 6.44. The average molecular weight is 280 g/mol. The van der Waals surface area contributed by atoms with Crippen molar-refractivity contribution in [2.45, 2.75) is 63.5 Å². The summed E-state index contributed by atoms with van der Waals surface area (Å²) in [5.41, 5.74) is 0. The molecule has 4 nitrogen and oxygen atoms in total. The SMILES string of the molecule is O=C(CC1CCCCC1)N1C[C@@H](O)[C@H](N2CCCC2)C1. The first kappa shape index (κ1) is 14.3. The smallest absolute Gasteiger partial charge is 0.222 e. The third-order valence-electron chi connectivity index (χ3n) is 5.41. The van der Waals surface area contributed by atoms with Crippen LogP contribution in [-0.4, -0.2) is 59.1 Å². The van der Waals surface area contributed by atoms with E-state index in [2.05, 4.69) is 4.90 Å². The van der Waals surface area contributed by atoms with Gasteiger partial charge in [0.1, 0.15) is 0 Å². The monoisotopic (exact) mass is 280 g/mol. The zero-order valence-electron chi connectivity index (χ0n) is 12.5. The van der Waals surface area contributed by atoms with E-state index in [9.17, 15) is 9.90 Å². The van der Waals surface area contributed by atoms with Crippen LogP contribution in [0.15, 0.2) is 0 Å². The molecule has 4 heteroatoms. The molecule has 3 aliphatic rings. The first-order valence-electron chi connectivity index (χ1n) is 8.44. The number of carbonyl (C=O) groups excluding carboxylic acids is 1. The van der Waals surface area contributed by atoms with E-state index in [0.29, 0.717) is 18.9 Å². The van der Waals surface area contributed by atoms with Crippen LogP contribution in [0.5, 0.6) is 0 Å². The highest BCUT2D eigenvalue weighted by Gasteiger charge is 2.38. The quantitative estimate of drug-likeness (QED) is 0.854. The molecule has 3 fully saturated rings. The molecule has 1 saturated carbocycles. The van der Waals surface area contributed by atoms with Gasteiger partial charge in [-0.1, -0.05) is 19.3 Å². The molecule has 0 unspecified atom stereocenters. The Morgan fingerprint density at radius 3 is 2.40 bits per heavy atom.